The normalized spacial score (nSPS) is 11.5. The van der Waals surface area contributed by atoms with Gasteiger partial charge in [-0.15, -0.1) is 0 Å². The van der Waals surface area contributed by atoms with Crippen LogP contribution in [0.25, 0.3) is 0 Å². The topological polar surface area (TPSA) is 49.7 Å². The maximum atomic E-state index is 9.84. The van der Waals surface area contributed by atoms with Crippen molar-refractivity contribution in [2.45, 2.75) is 26.2 Å². The van der Waals surface area contributed by atoms with Gasteiger partial charge in [-0.2, -0.15) is 0 Å². The van der Waals surface area contributed by atoms with Crippen molar-refractivity contribution in [2.24, 2.45) is 0 Å². The first-order valence-electron chi connectivity index (χ1n) is 9.13. The standard InChI is InChI=1S/C22H25BO3Si/c1-22(2,3)17-14-15-20(23(24)25)21(16-17)26-27(18-10-6-4-7-11-18)19-12-8-5-9-13-19/h4-16,24-25,27H,1-3H3. The number of hydrogen-bond donors (Lipinski definition) is 2. The summed E-state index contributed by atoms with van der Waals surface area (Å²) in [4.78, 5) is 0. The van der Waals surface area contributed by atoms with E-state index in [1.54, 1.807) is 6.07 Å². The molecule has 0 aliphatic heterocycles. The molecule has 0 amide bonds. The molecule has 0 saturated carbocycles. The van der Waals surface area contributed by atoms with Gasteiger partial charge in [-0.3, -0.25) is 0 Å². The molecule has 0 aliphatic rings. The van der Waals surface area contributed by atoms with E-state index >= 15 is 0 Å². The highest BCUT2D eigenvalue weighted by atomic mass is 28.3. The summed E-state index contributed by atoms with van der Waals surface area (Å²) in [6, 6.07) is 25.9. The molecule has 0 aromatic heterocycles. The summed E-state index contributed by atoms with van der Waals surface area (Å²) >= 11 is 0. The molecule has 2 N–H and O–H groups in total. The zero-order valence-electron chi connectivity index (χ0n) is 16.0. The molecule has 0 atom stereocenters. The van der Waals surface area contributed by atoms with Crippen molar-refractivity contribution in [3.05, 3.63) is 84.4 Å². The Morgan fingerprint density at radius 2 is 1.30 bits per heavy atom. The van der Waals surface area contributed by atoms with Gasteiger partial charge in [-0.05, 0) is 27.4 Å². The third-order valence-corrected chi connectivity index (χ3v) is 7.08. The SMILES string of the molecule is CC(C)(C)c1ccc(B(O)O)c(O[SiH](c2ccccc2)c2ccccc2)c1. The lowest BCUT2D eigenvalue weighted by molar-refractivity contribution is 0.423. The lowest BCUT2D eigenvalue weighted by atomic mass is 9.77. The van der Waals surface area contributed by atoms with Gasteiger partial charge in [0.25, 0.3) is 9.04 Å². The van der Waals surface area contributed by atoms with Crippen molar-refractivity contribution in [3.63, 3.8) is 0 Å². The molecule has 3 nitrogen and oxygen atoms in total. The summed E-state index contributed by atoms with van der Waals surface area (Å²) < 4.78 is 6.53. The summed E-state index contributed by atoms with van der Waals surface area (Å²) in [7, 11) is -3.62. The average Bonchev–Trinajstić information content (AvgIpc) is 2.66. The Hall–Kier alpha value is -2.34. The van der Waals surface area contributed by atoms with E-state index in [9.17, 15) is 10.0 Å². The first-order valence-corrected chi connectivity index (χ1v) is 10.8. The Morgan fingerprint density at radius 1 is 0.778 bits per heavy atom. The smallest absolute Gasteiger partial charge is 0.492 e. The van der Waals surface area contributed by atoms with Crippen LogP contribution in [0.5, 0.6) is 5.75 Å². The van der Waals surface area contributed by atoms with Crippen LogP contribution < -0.4 is 20.3 Å². The van der Waals surface area contributed by atoms with Gasteiger partial charge in [0.1, 0.15) is 5.75 Å². The van der Waals surface area contributed by atoms with Crippen LogP contribution in [0.2, 0.25) is 0 Å². The van der Waals surface area contributed by atoms with Crippen LogP contribution in [0, 0.1) is 0 Å². The van der Waals surface area contributed by atoms with E-state index in [1.165, 1.54) is 0 Å². The molecule has 138 valence electrons. The first kappa shape index (κ1) is 19.4. The zero-order valence-corrected chi connectivity index (χ0v) is 17.1. The van der Waals surface area contributed by atoms with Crippen molar-refractivity contribution < 1.29 is 14.5 Å². The van der Waals surface area contributed by atoms with Crippen LogP contribution in [0.15, 0.2) is 78.9 Å². The number of benzene rings is 3. The number of rotatable bonds is 5. The third kappa shape index (κ3) is 4.69. The highest BCUT2D eigenvalue weighted by Gasteiger charge is 2.25. The predicted octanol–water partition coefficient (Wildman–Crippen LogP) is 1.58. The minimum absolute atomic E-state index is 0.0619. The Morgan fingerprint density at radius 3 is 1.74 bits per heavy atom. The molecular weight excluding hydrogens is 351 g/mol. The summed E-state index contributed by atoms with van der Waals surface area (Å²) in [5, 5.41) is 22.0. The molecule has 0 bridgehead atoms. The lowest BCUT2D eigenvalue weighted by Crippen LogP contribution is -2.49. The Kier molecular flexibility index (Phi) is 5.85. The Labute approximate surface area is 163 Å². The van der Waals surface area contributed by atoms with Crippen LogP contribution in [-0.4, -0.2) is 26.2 Å². The van der Waals surface area contributed by atoms with Crippen molar-refractivity contribution in [1.82, 2.24) is 0 Å². The van der Waals surface area contributed by atoms with Crippen molar-refractivity contribution >= 4 is 32.0 Å². The maximum absolute atomic E-state index is 9.84. The third-order valence-electron chi connectivity index (χ3n) is 4.61. The molecular formula is C22H25BO3Si. The monoisotopic (exact) mass is 376 g/mol. The highest BCUT2D eigenvalue weighted by molar-refractivity contribution is 6.80. The largest absolute Gasteiger partial charge is 0.538 e. The van der Waals surface area contributed by atoms with Crippen LogP contribution in [0.1, 0.15) is 26.3 Å². The van der Waals surface area contributed by atoms with E-state index in [4.69, 9.17) is 4.43 Å². The van der Waals surface area contributed by atoms with E-state index in [2.05, 4.69) is 45.0 Å². The summed E-state index contributed by atoms with van der Waals surface area (Å²) in [5.41, 5.74) is 1.43. The van der Waals surface area contributed by atoms with E-state index in [1.807, 2.05) is 48.5 Å². The predicted molar refractivity (Wildman–Crippen MR) is 115 cm³/mol. The van der Waals surface area contributed by atoms with E-state index in [0.717, 1.165) is 15.9 Å². The van der Waals surface area contributed by atoms with Crippen LogP contribution >= 0.6 is 0 Å². The highest BCUT2D eigenvalue weighted by Crippen LogP contribution is 2.25. The second kappa shape index (κ2) is 8.13. The van der Waals surface area contributed by atoms with E-state index in [0.29, 0.717) is 11.2 Å². The maximum Gasteiger partial charge on any atom is 0.492 e. The fraction of sp³-hybridized carbons (Fsp3) is 0.182. The fourth-order valence-electron chi connectivity index (χ4n) is 3.03. The second-order valence-electron chi connectivity index (χ2n) is 7.70. The van der Waals surface area contributed by atoms with E-state index < -0.39 is 16.2 Å². The minimum Gasteiger partial charge on any atom is -0.538 e. The molecule has 3 rings (SSSR count). The molecule has 0 fully saturated rings. The van der Waals surface area contributed by atoms with Crippen LogP contribution in [-0.2, 0) is 5.41 Å². The quantitative estimate of drug-likeness (QED) is 0.665. The average molecular weight is 376 g/mol. The van der Waals surface area contributed by atoms with Gasteiger partial charge in [0, 0.05) is 5.46 Å². The van der Waals surface area contributed by atoms with Gasteiger partial charge < -0.3 is 14.5 Å². The molecule has 0 saturated heterocycles. The first-order chi connectivity index (χ1) is 12.9. The fourth-order valence-corrected chi connectivity index (χ4v) is 5.29. The van der Waals surface area contributed by atoms with Crippen LogP contribution in [0.4, 0.5) is 0 Å². The summed E-state index contributed by atoms with van der Waals surface area (Å²) in [6.07, 6.45) is 0. The van der Waals surface area contributed by atoms with Gasteiger partial charge in [0.2, 0.25) is 0 Å². The van der Waals surface area contributed by atoms with Crippen molar-refractivity contribution in [2.75, 3.05) is 0 Å². The molecule has 3 aromatic carbocycles. The van der Waals surface area contributed by atoms with E-state index in [-0.39, 0.29) is 5.41 Å². The lowest BCUT2D eigenvalue weighted by Gasteiger charge is -2.24. The molecule has 27 heavy (non-hydrogen) atoms. The van der Waals surface area contributed by atoms with Gasteiger partial charge >= 0.3 is 7.12 Å². The van der Waals surface area contributed by atoms with Gasteiger partial charge in [-0.25, -0.2) is 0 Å². The molecule has 0 unspecified atom stereocenters. The molecule has 3 aromatic rings. The van der Waals surface area contributed by atoms with Gasteiger partial charge in [0.15, 0.2) is 0 Å². The Balaban J connectivity index is 2.08. The van der Waals surface area contributed by atoms with Gasteiger partial charge in [0.05, 0.1) is 0 Å². The van der Waals surface area contributed by atoms with Crippen LogP contribution in [0.3, 0.4) is 0 Å². The molecule has 0 aliphatic carbocycles. The summed E-state index contributed by atoms with van der Waals surface area (Å²) in [6.45, 7) is 6.39. The zero-order chi connectivity index (χ0) is 19.4. The number of hydrogen-bond acceptors (Lipinski definition) is 3. The van der Waals surface area contributed by atoms with Crippen molar-refractivity contribution in [1.29, 1.82) is 0 Å². The molecule has 5 heteroatoms. The summed E-state index contributed by atoms with van der Waals surface area (Å²) in [5.74, 6) is 0.543. The second-order valence-corrected chi connectivity index (χ2v) is 10.0. The minimum atomic E-state index is -2.04. The van der Waals surface area contributed by atoms with Crippen molar-refractivity contribution in [3.8, 4) is 5.75 Å². The molecule has 0 spiro atoms. The molecule has 0 radical (unpaired) electrons. The molecule has 0 heterocycles. The van der Waals surface area contributed by atoms with Gasteiger partial charge in [-0.1, -0.05) is 93.6 Å². The Bertz CT molecular complexity index is 838.